The fourth-order valence-corrected chi connectivity index (χ4v) is 4.22. The Balaban J connectivity index is 2.25. The van der Waals surface area contributed by atoms with Crippen LogP contribution in [0.1, 0.15) is 32.6 Å². The SMILES string of the molecule is CCS(=O)(=O)c1ccccc1NC1CCCCC1CCl. The van der Waals surface area contributed by atoms with Crippen LogP contribution in [-0.4, -0.2) is 26.1 Å². The monoisotopic (exact) mass is 315 g/mol. The molecule has 5 heteroatoms. The quantitative estimate of drug-likeness (QED) is 0.843. The molecule has 112 valence electrons. The van der Waals surface area contributed by atoms with Crippen molar-refractivity contribution >= 4 is 27.1 Å². The first-order valence-corrected chi connectivity index (χ1v) is 9.41. The third kappa shape index (κ3) is 3.47. The van der Waals surface area contributed by atoms with E-state index in [1.54, 1.807) is 19.1 Å². The van der Waals surface area contributed by atoms with Gasteiger partial charge in [0.25, 0.3) is 0 Å². The molecule has 1 aliphatic rings. The van der Waals surface area contributed by atoms with Gasteiger partial charge in [-0.25, -0.2) is 8.42 Å². The number of anilines is 1. The molecule has 2 rings (SSSR count). The van der Waals surface area contributed by atoms with Crippen molar-refractivity contribution in [2.24, 2.45) is 5.92 Å². The molecule has 0 spiro atoms. The van der Waals surface area contributed by atoms with Crippen LogP contribution in [0.4, 0.5) is 5.69 Å². The first kappa shape index (κ1) is 15.6. The van der Waals surface area contributed by atoms with E-state index in [-0.39, 0.29) is 11.8 Å². The maximum absolute atomic E-state index is 12.1. The molecule has 1 aliphatic carbocycles. The van der Waals surface area contributed by atoms with Crippen molar-refractivity contribution in [3.63, 3.8) is 0 Å². The van der Waals surface area contributed by atoms with Crippen molar-refractivity contribution in [1.29, 1.82) is 0 Å². The lowest BCUT2D eigenvalue weighted by molar-refractivity contribution is 0.353. The molecule has 3 nitrogen and oxygen atoms in total. The minimum atomic E-state index is -3.20. The second-order valence-electron chi connectivity index (χ2n) is 5.35. The van der Waals surface area contributed by atoms with Crippen LogP contribution in [-0.2, 0) is 9.84 Å². The van der Waals surface area contributed by atoms with E-state index in [0.717, 1.165) is 18.5 Å². The summed E-state index contributed by atoms with van der Waals surface area (Å²) in [5, 5.41) is 3.43. The first-order chi connectivity index (χ1) is 9.58. The Hall–Kier alpha value is -0.740. The highest BCUT2D eigenvalue weighted by Gasteiger charge is 2.26. The lowest BCUT2D eigenvalue weighted by Crippen LogP contribution is -2.33. The molecule has 20 heavy (non-hydrogen) atoms. The predicted molar refractivity (Wildman–Crippen MR) is 84.3 cm³/mol. The van der Waals surface area contributed by atoms with E-state index < -0.39 is 9.84 Å². The van der Waals surface area contributed by atoms with E-state index in [4.69, 9.17) is 11.6 Å². The van der Waals surface area contributed by atoms with Crippen molar-refractivity contribution in [2.45, 2.75) is 43.5 Å². The van der Waals surface area contributed by atoms with Gasteiger partial charge in [-0.3, -0.25) is 0 Å². The average molecular weight is 316 g/mol. The standard InChI is InChI=1S/C15H22ClNO2S/c1-2-20(18,19)15-10-6-5-9-14(15)17-13-8-4-3-7-12(13)11-16/h5-6,9-10,12-13,17H,2-4,7-8,11H2,1H3. The number of nitrogens with one attached hydrogen (secondary N) is 1. The summed E-state index contributed by atoms with van der Waals surface area (Å²) >= 11 is 6.04. The van der Waals surface area contributed by atoms with E-state index in [9.17, 15) is 8.42 Å². The number of rotatable bonds is 5. The van der Waals surface area contributed by atoms with Crippen molar-refractivity contribution in [1.82, 2.24) is 0 Å². The van der Waals surface area contributed by atoms with Gasteiger partial charge in [0, 0.05) is 11.9 Å². The number of hydrogen-bond acceptors (Lipinski definition) is 3. The van der Waals surface area contributed by atoms with Crippen LogP contribution < -0.4 is 5.32 Å². The van der Waals surface area contributed by atoms with Crippen molar-refractivity contribution in [3.8, 4) is 0 Å². The molecular weight excluding hydrogens is 294 g/mol. The van der Waals surface area contributed by atoms with Crippen LogP contribution in [0.2, 0.25) is 0 Å². The van der Waals surface area contributed by atoms with Crippen molar-refractivity contribution in [2.75, 3.05) is 16.9 Å². The van der Waals surface area contributed by atoms with Gasteiger partial charge in [0.2, 0.25) is 0 Å². The largest absolute Gasteiger partial charge is 0.381 e. The van der Waals surface area contributed by atoms with Crippen LogP contribution in [0, 0.1) is 5.92 Å². The number of benzene rings is 1. The highest BCUT2D eigenvalue weighted by molar-refractivity contribution is 7.91. The normalized spacial score (nSPS) is 23.5. The third-order valence-electron chi connectivity index (χ3n) is 4.05. The molecule has 2 unspecified atom stereocenters. The second-order valence-corrected chi connectivity index (χ2v) is 7.90. The van der Waals surface area contributed by atoms with Gasteiger partial charge in [-0.1, -0.05) is 31.9 Å². The molecule has 0 aliphatic heterocycles. The lowest BCUT2D eigenvalue weighted by Gasteiger charge is -2.32. The topological polar surface area (TPSA) is 46.2 Å². The van der Waals surface area contributed by atoms with E-state index in [2.05, 4.69) is 5.32 Å². The zero-order valence-electron chi connectivity index (χ0n) is 11.8. The second kappa shape index (κ2) is 6.81. The zero-order valence-corrected chi connectivity index (χ0v) is 13.4. The van der Waals surface area contributed by atoms with E-state index in [1.807, 2.05) is 12.1 Å². The number of sulfone groups is 1. The summed E-state index contributed by atoms with van der Waals surface area (Å²) in [5.41, 5.74) is 0.719. The number of hydrogen-bond donors (Lipinski definition) is 1. The summed E-state index contributed by atoms with van der Waals surface area (Å²) in [4.78, 5) is 0.404. The highest BCUT2D eigenvalue weighted by Crippen LogP contribution is 2.30. The van der Waals surface area contributed by atoms with Gasteiger partial charge in [-0.2, -0.15) is 0 Å². The zero-order chi connectivity index (χ0) is 14.6. The Labute approximate surface area is 126 Å². The third-order valence-corrected chi connectivity index (χ3v) is 6.23. The molecule has 1 saturated carbocycles. The Kier molecular flexibility index (Phi) is 5.33. The molecule has 1 N–H and O–H groups in total. The fraction of sp³-hybridized carbons (Fsp3) is 0.600. The van der Waals surface area contributed by atoms with Gasteiger partial charge < -0.3 is 5.32 Å². The fourth-order valence-electron chi connectivity index (χ4n) is 2.79. The first-order valence-electron chi connectivity index (χ1n) is 7.22. The van der Waals surface area contributed by atoms with Gasteiger partial charge in [0.15, 0.2) is 9.84 Å². The van der Waals surface area contributed by atoms with Crippen LogP contribution >= 0.6 is 11.6 Å². The average Bonchev–Trinajstić information content (AvgIpc) is 2.48. The molecule has 1 fully saturated rings. The Morgan fingerprint density at radius 3 is 2.65 bits per heavy atom. The molecule has 0 heterocycles. The summed E-state index contributed by atoms with van der Waals surface area (Å²) in [5.74, 6) is 1.16. The highest BCUT2D eigenvalue weighted by atomic mass is 35.5. The molecule has 0 saturated heterocycles. The molecule has 1 aromatic carbocycles. The number of para-hydroxylation sites is 1. The number of alkyl halides is 1. The van der Waals surface area contributed by atoms with Gasteiger partial charge in [0.1, 0.15) is 0 Å². The molecule has 0 aromatic heterocycles. The minimum absolute atomic E-state index is 0.120. The summed E-state index contributed by atoms with van der Waals surface area (Å²) in [6.45, 7) is 1.67. The lowest BCUT2D eigenvalue weighted by atomic mass is 9.85. The van der Waals surface area contributed by atoms with Crippen molar-refractivity contribution < 1.29 is 8.42 Å². The van der Waals surface area contributed by atoms with Gasteiger partial charge in [-0.05, 0) is 30.9 Å². The van der Waals surface area contributed by atoms with Crippen molar-refractivity contribution in [3.05, 3.63) is 24.3 Å². The van der Waals surface area contributed by atoms with E-state index in [1.165, 1.54) is 12.8 Å². The molecular formula is C15H22ClNO2S. The van der Waals surface area contributed by atoms with E-state index in [0.29, 0.717) is 16.7 Å². The van der Waals surface area contributed by atoms with Gasteiger partial charge in [0.05, 0.1) is 16.3 Å². The Morgan fingerprint density at radius 1 is 1.25 bits per heavy atom. The van der Waals surface area contributed by atoms with Crippen LogP contribution in [0.3, 0.4) is 0 Å². The Bertz CT molecular complexity index is 545. The summed E-state index contributed by atoms with van der Waals surface area (Å²) in [6.07, 6.45) is 4.56. The molecule has 0 radical (unpaired) electrons. The minimum Gasteiger partial charge on any atom is -0.381 e. The molecule has 2 atom stereocenters. The van der Waals surface area contributed by atoms with Gasteiger partial charge in [-0.15, -0.1) is 11.6 Å². The molecule has 0 amide bonds. The predicted octanol–water partition coefficient (Wildman–Crippen LogP) is 3.69. The smallest absolute Gasteiger partial charge is 0.180 e. The molecule has 0 bridgehead atoms. The maximum atomic E-state index is 12.1. The van der Waals surface area contributed by atoms with E-state index >= 15 is 0 Å². The van der Waals surface area contributed by atoms with Crippen LogP contribution in [0.25, 0.3) is 0 Å². The summed E-state index contributed by atoms with van der Waals surface area (Å²) in [7, 11) is -3.20. The Morgan fingerprint density at radius 2 is 1.95 bits per heavy atom. The summed E-state index contributed by atoms with van der Waals surface area (Å²) in [6, 6.07) is 7.44. The van der Waals surface area contributed by atoms with Crippen LogP contribution in [0.5, 0.6) is 0 Å². The summed E-state index contributed by atoms with van der Waals surface area (Å²) < 4.78 is 24.3. The van der Waals surface area contributed by atoms with Gasteiger partial charge >= 0.3 is 0 Å². The maximum Gasteiger partial charge on any atom is 0.180 e. The van der Waals surface area contributed by atoms with Crippen LogP contribution in [0.15, 0.2) is 29.2 Å². The molecule has 1 aromatic rings. The number of halogens is 1.